The van der Waals surface area contributed by atoms with Crippen LogP contribution in [0, 0.1) is 0 Å². The van der Waals surface area contributed by atoms with E-state index in [1.165, 1.54) is 19.1 Å². The van der Waals surface area contributed by atoms with E-state index in [2.05, 4.69) is 5.32 Å². The van der Waals surface area contributed by atoms with Crippen molar-refractivity contribution in [3.8, 4) is 0 Å². The third-order valence-electron chi connectivity index (χ3n) is 4.70. The van der Waals surface area contributed by atoms with Gasteiger partial charge in [-0.1, -0.05) is 19.1 Å². The number of hydrogen-bond acceptors (Lipinski definition) is 4. The molecule has 9 heteroatoms. The van der Waals surface area contributed by atoms with Crippen LogP contribution in [0.4, 0.5) is 13.2 Å². The van der Waals surface area contributed by atoms with Crippen molar-refractivity contribution in [1.82, 2.24) is 5.32 Å². The minimum Gasteiger partial charge on any atom is -0.339 e. The number of rotatable bonds is 7. The highest BCUT2D eigenvalue weighted by atomic mass is 31.2. The maximum Gasteiger partial charge on any atom is 0.416 e. The molecule has 1 saturated carbocycles. The average molecular weight is 393 g/mol. The molecule has 0 unspecified atom stereocenters. The highest BCUT2D eigenvalue weighted by molar-refractivity contribution is 7.56. The van der Waals surface area contributed by atoms with Gasteiger partial charge in [0.25, 0.3) is 0 Å². The monoisotopic (exact) mass is 393 g/mol. The Morgan fingerprint density at radius 2 is 1.69 bits per heavy atom. The van der Waals surface area contributed by atoms with Crippen LogP contribution in [0.2, 0.25) is 0 Å². The second kappa shape index (κ2) is 6.98. The molecule has 1 aromatic rings. The first-order chi connectivity index (χ1) is 12.0. The molecule has 0 bridgehead atoms. The van der Waals surface area contributed by atoms with E-state index in [0.29, 0.717) is 5.56 Å². The molecule has 2 atom stereocenters. The number of carbonyl (C=O) groups is 1. The molecule has 1 amide bonds. The fourth-order valence-corrected chi connectivity index (χ4v) is 6.11. The molecule has 146 valence electrons. The summed E-state index contributed by atoms with van der Waals surface area (Å²) in [4.78, 5) is 11.8. The summed E-state index contributed by atoms with van der Waals surface area (Å²) in [6, 6.07) is 4.64. The third kappa shape index (κ3) is 3.42. The first kappa shape index (κ1) is 20.9. The van der Waals surface area contributed by atoms with Gasteiger partial charge in [-0.2, -0.15) is 13.2 Å². The van der Waals surface area contributed by atoms with E-state index in [1.807, 2.05) is 0 Å². The van der Waals surface area contributed by atoms with Crippen LogP contribution >= 0.6 is 7.60 Å². The Kier molecular flexibility index (Phi) is 5.62. The predicted octanol–water partition coefficient (Wildman–Crippen LogP) is 4.47. The van der Waals surface area contributed by atoms with Gasteiger partial charge in [-0.15, -0.1) is 0 Å². The molecule has 1 aliphatic carbocycles. The van der Waals surface area contributed by atoms with E-state index in [-0.39, 0.29) is 19.6 Å². The highest BCUT2D eigenvalue weighted by Crippen LogP contribution is 2.78. The van der Waals surface area contributed by atoms with Crippen LogP contribution in [-0.4, -0.2) is 24.4 Å². The smallest absolute Gasteiger partial charge is 0.339 e. The fourth-order valence-electron chi connectivity index (χ4n) is 3.37. The van der Waals surface area contributed by atoms with Gasteiger partial charge in [-0.25, -0.2) is 0 Å². The zero-order valence-corrected chi connectivity index (χ0v) is 16.0. The zero-order chi connectivity index (χ0) is 19.8. The lowest BCUT2D eigenvalue weighted by atomic mass is 9.96. The Hall–Kier alpha value is -1.37. The molecular weight excluding hydrogens is 370 g/mol. The number of hydrogen-bond donors (Lipinski definition) is 1. The van der Waals surface area contributed by atoms with Gasteiger partial charge < -0.3 is 14.4 Å². The summed E-state index contributed by atoms with van der Waals surface area (Å²) in [5.41, 5.74) is -1.12. The predicted molar refractivity (Wildman–Crippen MR) is 90.8 cm³/mol. The molecule has 2 rings (SSSR count). The van der Waals surface area contributed by atoms with Crippen molar-refractivity contribution in [2.75, 3.05) is 13.2 Å². The van der Waals surface area contributed by atoms with Crippen molar-refractivity contribution in [3.63, 3.8) is 0 Å². The Balaban J connectivity index is 2.47. The summed E-state index contributed by atoms with van der Waals surface area (Å²) in [7, 11) is -3.75. The topological polar surface area (TPSA) is 64.6 Å². The Labute approximate surface area is 150 Å². The molecular formula is C17H23F3NO4P. The summed E-state index contributed by atoms with van der Waals surface area (Å²) in [5, 5.41) is 1.39. The van der Waals surface area contributed by atoms with E-state index >= 15 is 0 Å². The minimum atomic E-state index is -4.44. The van der Waals surface area contributed by atoms with Gasteiger partial charge in [0.1, 0.15) is 0 Å². The van der Waals surface area contributed by atoms with Crippen LogP contribution in [0.25, 0.3) is 0 Å². The Bertz CT molecular complexity index is 712. The Morgan fingerprint density at radius 3 is 2.08 bits per heavy atom. The zero-order valence-electron chi connectivity index (χ0n) is 15.1. The molecule has 0 spiro atoms. The largest absolute Gasteiger partial charge is 0.416 e. The number of benzene rings is 1. The molecule has 0 saturated heterocycles. The van der Waals surface area contributed by atoms with Crippen molar-refractivity contribution < 1.29 is 31.6 Å². The SMILES string of the molecule is CCOP(=O)(OCC)[C@]1(NC(C)=O)C[C@]1(C)c1ccc(C(F)(F)F)cc1. The molecule has 5 nitrogen and oxygen atoms in total. The van der Waals surface area contributed by atoms with Crippen molar-refractivity contribution in [1.29, 1.82) is 0 Å². The normalized spacial score (nSPS) is 25.8. The number of alkyl halides is 3. The van der Waals surface area contributed by atoms with Crippen molar-refractivity contribution >= 4 is 13.5 Å². The van der Waals surface area contributed by atoms with Gasteiger partial charge >= 0.3 is 13.8 Å². The molecule has 1 N–H and O–H groups in total. The maximum atomic E-state index is 13.4. The summed E-state index contributed by atoms with van der Waals surface area (Å²) in [6.07, 6.45) is -4.20. The van der Waals surface area contributed by atoms with Crippen LogP contribution < -0.4 is 5.32 Å². The molecule has 0 aromatic heterocycles. The van der Waals surface area contributed by atoms with Gasteiger partial charge in [0.15, 0.2) is 5.28 Å². The number of carbonyl (C=O) groups excluding carboxylic acids is 1. The lowest BCUT2D eigenvalue weighted by Crippen LogP contribution is -2.42. The van der Waals surface area contributed by atoms with E-state index in [0.717, 1.165) is 12.1 Å². The quantitative estimate of drug-likeness (QED) is 0.695. The van der Waals surface area contributed by atoms with E-state index in [1.54, 1.807) is 20.8 Å². The van der Waals surface area contributed by atoms with Crippen LogP contribution in [0.15, 0.2) is 24.3 Å². The molecule has 26 heavy (non-hydrogen) atoms. The van der Waals surface area contributed by atoms with Gasteiger partial charge in [0.05, 0.1) is 18.8 Å². The fraction of sp³-hybridized carbons (Fsp3) is 0.588. The van der Waals surface area contributed by atoms with Gasteiger partial charge in [-0.3, -0.25) is 9.36 Å². The lowest BCUT2D eigenvalue weighted by molar-refractivity contribution is -0.137. The van der Waals surface area contributed by atoms with E-state index in [9.17, 15) is 22.5 Å². The summed E-state index contributed by atoms with van der Waals surface area (Å²) < 4.78 is 62.7. The minimum absolute atomic E-state index is 0.113. The molecule has 1 aliphatic rings. The molecule has 0 radical (unpaired) electrons. The summed E-state index contributed by atoms with van der Waals surface area (Å²) in [6.45, 7) is 6.56. The summed E-state index contributed by atoms with van der Waals surface area (Å²) in [5.74, 6) is -0.416. The lowest BCUT2D eigenvalue weighted by Gasteiger charge is -2.31. The molecule has 0 aliphatic heterocycles. The van der Waals surface area contributed by atoms with Gasteiger partial charge in [0.2, 0.25) is 5.91 Å². The number of amides is 1. The van der Waals surface area contributed by atoms with Crippen molar-refractivity contribution in [3.05, 3.63) is 35.4 Å². The van der Waals surface area contributed by atoms with Gasteiger partial charge in [-0.05, 0) is 38.0 Å². The standard InChI is InChI=1S/C17H23F3NO4P/c1-5-24-26(23,25-6-2)16(21-12(3)22)11-15(16,4)13-7-9-14(10-8-13)17(18,19)20/h7-10H,5-6,11H2,1-4H3,(H,21,22)/t15-,16-/m1/s1. The molecule has 1 aromatic carbocycles. The van der Waals surface area contributed by atoms with Crippen molar-refractivity contribution in [2.24, 2.45) is 0 Å². The van der Waals surface area contributed by atoms with Crippen LogP contribution in [0.5, 0.6) is 0 Å². The van der Waals surface area contributed by atoms with Crippen LogP contribution in [-0.2, 0) is 30.0 Å². The molecule has 0 heterocycles. The van der Waals surface area contributed by atoms with Crippen LogP contribution in [0.3, 0.4) is 0 Å². The number of halogens is 3. The van der Waals surface area contributed by atoms with E-state index in [4.69, 9.17) is 9.05 Å². The highest BCUT2D eigenvalue weighted by Gasteiger charge is 2.77. The van der Waals surface area contributed by atoms with E-state index < -0.39 is 35.9 Å². The maximum absolute atomic E-state index is 13.4. The second-order valence-electron chi connectivity index (χ2n) is 6.46. The van der Waals surface area contributed by atoms with Gasteiger partial charge in [0, 0.05) is 12.3 Å². The van der Waals surface area contributed by atoms with Crippen molar-refractivity contribution in [2.45, 2.75) is 51.0 Å². The number of nitrogens with one attached hydrogen (secondary N) is 1. The first-order valence-corrected chi connectivity index (χ1v) is 9.86. The summed E-state index contributed by atoms with van der Waals surface area (Å²) >= 11 is 0. The third-order valence-corrected chi connectivity index (χ3v) is 7.59. The first-order valence-electron chi connectivity index (χ1n) is 8.31. The second-order valence-corrected chi connectivity index (χ2v) is 8.73. The average Bonchev–Trinajstić information content (AvgIpc) is 3.14. The van der Waals surface area contributed by atoms with Crippen LogP contribution in [0.1, 0.15) is 45.2 Å². The molecule has 1 fully saturated rings. The Morgan fingerprint density at radius 1 is 1.19 bits per heavy atom.